The Bertz CT molecular complexity index is 1340. The first kappa shape index (κ1) is 24.1. The van der Waals surface area contributed by atoms with Crippen molar-refractivity contribution in [3.8, 4) is 5.75 Å². The number of amides is 1. The first-order valence-electron chi connectivity index (χ1n) is 10.3. The van der Waals surface area contributed by atoms with Gasteiger partial charge >= 0.3 is 0 Å². The summed E-state index contributed by atoms with van der Waals surface area (Å²) in [4.78, 5) is 12.8. The fraction of sp³-hybridized carbons (Fsp3) is 0.120. The molecule has 34 heavy (non-hydrogen) atoms. The van der Waals surface area contributed by atoms with Gasteiger partial charge in [0.2, 0.25) is 0 Å². The van der Waals surface area contributed by atoms with E-state index in [9.17, 15) is 9.18 Å². The number of benzene rings is 3. The van der Waals surface area contributed by atoms with Crippen molar-refractivity contribution in [3.05, 3.63) is 110 Å². The molecule has 1 N–H and O–H groups in total. The summed E-state index contributed by atoms with van der Waals surface area (Å²) in [7, 11) is 0. The zero-order valence-electron chi connectivity index (χ0n) is 18.0. The number of ether oxygens (including phenoxy) is 1. The summed E-state index contributed by atoms with van der Waals surface area (Å²) in [6.45, 7) is 2.26. The molecular weight excluding hydrogens is 500 g/mol. The minimum absolute atomic E-state index is 0.0675. The Labute approximate surface area is 211 Å². The Balaban J connectivity index is 1.44. The Morgan fingerprint density at radius 3 is 2.62 bits per heavy atom. The van der Waals surface area contributed by atoms with Crippen molar-refractivity contribution in [1.29, 1.82) is 0 Å². The summed E-state index contributed by atoms with van der Waals surface area (Å²) in [5.74, 6) is 0.0437. The standard InChI is InChI=1S/C25H19Cl3FN3O2/c1-15-10-18(26)8-9-23(15)34-14-16-4-2-5-17(11-16)25(33)30-24-21(28)13-32(31-24)12-19-20(27)6-3-7-22(19)29/h2-11,13H,12,14H2,1H3,(H,30,31,33). The summed E-state index contributed by atoms with van der Waals surface area (Å²) in [6, 6.07) is 16.9. The molecule has 1 amide bonds. The van der Waals surface area contributed by atoms with E-state index in [1.807, 2.05) is 19.1 Å². The number of carbonyl (C=O) groups is 1. The van der Waals surface area contributed by atoms with Crippen LogP contribution in [-0.4, -0.2) is 15.7 Å². The third-order valence-electron chi connectivity index (χ3n) is 5.05. The molecule has 1 aromatic heterocycles. The van der Waals surface area contributed by atoms with E-state index >= 15 is 0 Å². The lowest BCUT2D eigenvalue weighted by molar-refractivity contribution is 0.102. The van der Waals surface area contributed by atoms with Crippen LogP contribution in [0.1, 0.15) is 27.0 Å². The number of rotatable bonds is 7. The van der Waals surface area contributed by atoms with Gasteiger partial charge in [-0.25, -0.2) is 4.39 Å². The average molecular weight is 519 g/mol. The van der Waals surface area contributed by atoms with E-state index in [0.29, 0.717) is 16.3 Å². The van der Waals surface area contributed by atoms with Crippen LogP contribution in [0.4, 0.5) is 10.2 Å². The Kier molecular flexibility index (Phi) is 7.41. The van der Waals surface area contributed by atoms with Crippen molar-refractivity contribution in [2.75, 3.05) is 5.32 Å². The van der Waals surface area contributed by atoms with Gasteiger partial charge in [0.1, 0.15) is 23.2 Å². The van der Waals surface area contributed by atoms with Gasteiger partial charge in [-0.3, -0.25) is 9.48 Å². The fourth-order valence-corrected chi connectivity index (χ4v) is 3.97. The number of halogens is 4. The molecule has 0 saturated heterocycles. The van der Waals surface area contributed by atoms with Crippen LogP contribution in [0.5, 0.6) is 5.75 Å². The minimum atomic E-state index is -0.447. The number of anilines is 1. The zero-order chi connectivity index (χ0) is 24.2. The third kappa shape index (κ3) is 5.70. The van der Waals surface area contributed by atoms with Gasteiger partial charge in [0, 0.05) is 27.4 Å². The van der Waals surface area contributed by atoms with Gasteiger partial charge in [-0.2, -0.15) is 5.10 Å². The van der Waals surface area contributed by atoms with Crippen molar-refractivity contribution in [2.24, 2.45) is 0 Å². The molecule has 0 aliphatic carbocycles. The van der Waals surface area contributed by atoms with Gasteiger partial charge in [-0.15, -0.1) is 0 Å². The number of nitrogens with zero attached hydrogens (tertiary/aromatic N) is 2. The summed E-state index contributed by atoms with van der Waals surface area (Å²) in [5, 5.41) is 8.10. The van der Waals surface area contributed by atoms with Crippen molar-refractivity contribution < 1.29 is 13.9 Å². The smallest absolute Gasteiger partial charge is 0.256 e. The van der Waals surface area contributed by atoms with Gasteiger partial charge in [0.25, 0.3) is 5.91 Å². The molecule has 174 valence electrons. The Morgan fingerprint density at radius 1 is 1.06 bits per heavy atom. The summed E-state index contributed by atoms with van der Waals surface area (Å²) >= 11 is 18.3. The van der Waals surface area contributed by atoms with Crippen molar-refractivity contribution in [1.82, 2.24) is 9.78 Å². The van der Waals surface area contributed by atoms with Crippen LogP contribution in [0.25, 0.3) is 0 Å². The molecule has 0 aliphatic heterocycles. The highest BCUT2D eigenvalue weighted by molar-refractivity contribution is 6.33. The molecule has 0 atom stereocenters. The fourth-order valence-electron chi connectivity index (χ4n) is 3.33. The Morgan fingerprint density at radius 2 is 1.85 bits per heavy atom. The van der Waals surface area contributed by atoms with Crippen LogP contribution in [0.2, 0.25) is 15.1 Å². The number of aryl methyl sites for hydroxylation is 1. The van der Waals surface area contributed by atoms with Gasteiger partial charge in [0.15, 0.2) is 5.82 Å². The second-order valence-electron chi connectivity index (χ2n) is 7.58. The normalized spacial score (nSPS) is 10.9. The van der Waals surface area contributed by atoms with E-state index in [4.69, 9.17) is 39.5 Å². The van der Waals surface area contributed by atoms with E-state index in [0.717, 1.165) is 11.1 Å². The number of hydrogen-bond acceptors (Lipinski definition) is 3. The van der Waals surface area contributed by atoms with Crippen LogP contribution in [0, 0.1) is 12.7 Å². The summed E-state index contributed by atoms with van der Waals surface area (Å²) < 4.78 is 21.4. The van der Waals surface area contributed by atoms with Crippen molar-refractivity contribution in [2.45, 2.75) is 20.1 Å². The zero-order valence-corrected chi connectivity index (χ0v) is 20.3. The van der Waals surface area contributed by atoms with E-state index in [1.54, 1.807) is 36.4 Å². The molecular formula is C25H19Cl3FN3O2. The van der Waals surface area contributed by atoms with E-state index in [-0.39, 0.29) is 40.5 Å². The molecule has 9 heteroatoms. The van der Waals surface area contributed by atoms with Gasteiger partial charge in [-0.05, 0) is 60.5 Å². The molecule has 0 spiro atoms. The van der Waals surface area contributed by atoms with Crippen LogP contribution >= 0.6 is 34.8 Å². The molecule has 3 aromatic carbocycles. The van der Waals surface area contributed by atoms with Gasteiger partial charge in [-0.1, -0.05) is 53.0 Å². The van der Waals surface area contributed by atoms with Crippen molar-refractivity contribution in [3.63, 3.8) is 0 Å². The molecule has 4 aromatic rings. The quantitative estimate of drug-likeness (QED) is 0.282. The SMILES string of the molecule is Cc1cc(Cl)ccc1OCc1cccc(C(=O)Nc2nn(Cc3c(F)cccc3Cl)cc2Cl)c1. The largest absolute Gasteiger partial charge is 0.489 e. The van der Waals surface area contributed by atoms with E-state index in [2.05, 4.69) is 10.4 Å². The maximum atomic E-state index is 14.1. The molecule has 0 saturated carbocycles. The van der Waals surface area contributed by atoms with Gasteiger partial charge in [0.05, 0.1) is 6.54 Å². The molecule has 1 heterocycles. The predicted molar refractivity (Wildman–Crippen MR) is 133 cm³/mol. The van der Waals surface area contributed by atoms with E-state index in [1.165, 1.54) is 23.0 Å². The first-order valence-corrected chi connectivity index (χ1v) is 11.4. The van der Waals surface area contributed by atoms with Crippen molar-refractivity contribution >= 4 is 46.5 Å². The maximum Gasteiger partial charge on any atom is 0.256 e. The molecule has 5 nitrogen and oxygen atoms in total. The first-order chi connectivity index (χ1) is 16.3. The lowest BCUT2D eigenvalue weighted by Gasteiger charge is -2.10. The van der Waals surface area contributed by atoms with Crippen LogP contribution in [0.3, 0.4) is 0 Å². The molecule has 0 unspecified atom stereocenters. The average Bonchev–Trinajstić information content (AvgIpc) is 3.14. The number of hydrogen-bond donors (Lipinski definition) is 1. The Hall–Kier alpha value is -3.06. The van der Waals surface area contributed by atoms with Crippen LogP contribution in [0.15, 0.2) is 66.9 Å². The number of carbonyl (C=O) groups excluding carboxylic acids is 1. The monoisotopic (exact) mass is 517 g/mol. The molecule has 0 aliphatic rings. The predicted octanol–water partition coefficient (Wildman–Crippen LogP) is 7.17. The van der Waals surface area contributed by atoms with E-state index < -0.39 is 5.82 Å². The highest BCUT2D eigenvalue weighted by Crippen LogP contribution is 2.25. The van der Waals surface area contributed by atoms with Gasteiger partial charge < -0.3 is 10.1 Å². The highest BCUT2D eigenvalue weighted by atomic mass is 35.5. The summed E-state index contributed by atoms with van der Waals surface area (Å²) in [6.07, 6.45) is 1.50. The second kappa shape index (κ2) is 10.5. The van der Waals surface area contributed by atoms with Crippen LogP contribution < -0.4 is 10.1 Å². The molecule has 0 radical (unpaired) electrons. The molecule has 4 rings (SSSR count). The molecule has 0 bridgehead atoms. The summed E-state index contributed by atoms with van der Waals surface area (Å²) in [5.41, 5.74) is 2.43. The minimum Gasteiger partial charge on any atom is -0.489 e. The number of aromatic nitrogens is 2. The highest BCUT2D eigenvalue weighted by Gasteiger charge is 2.15. The maximum absolute atomic E-state index is 14.1. The van der Waals surface area contributed by atoms with Crippen LogP contribution in [-0.2, 0) is 13.2 Å². The lowest BCUT2D eigenvalue weighted by Crippen LogP contribution is -2.14. The number of nitrogens with one attached hydrogen (secondary N) is 1. The molecule has 0 fully saturated rings. The third-order valence-corrected chi connectivity index (χ3v) is 5.92. The topological polar surface area (TPSA) is 56.1 Å². The second-order valence-corrected chi connectivity index (χ2v) is 8.83. The lowest BCUT2D eigenvalue weighted by atomic mass is 10.1.